The van der Waals surface area contributed by atoms with E-state index >= 15 is 0 Å². The number of hydrogen-bond donors (Lipinski definition) is 1. The maximum atomic E-state index is 14.1. The Morgan fingerprint density at radius 1 is 0.971 bits per heavy atom. The maximum Gasteiger partial charge on any atom is 0.256 e. The Morgan fingerprint density at radius 2 is 1.68 bits per heavy atom. The van der Waals surface area contributed by atoms with Gasteiger partial charge in [-0.15, -0.1) is 0 Å². The van der Waals surface area contributed by atoms with Crippen LogP contribution in [0.4, 0.5) is 8.78 Å². The second-order valence-electron chi connectivity index (χ2n) is 9.01. The van der Waals surface area contributed by atoms with Crippen LogP contribution in [0.3, 0.4) is 0 Å². The van der Waals surface area contributed by atoms with E-state index in [0.717, 1.165) is 25.0 Å². The van der Waals surface area contributed by atoms with Gasteiger partial charge in [0, 0.05) is 43.6 Å². The molecule has 3 amide bonds. The first-order chi connectivity index (χ1) is 16.4. The molecule has 9 heteroatoms. The topological polar surface area (TPSA) is 79.0 Å². The van der Waals surface area contributed by atoms with Crippen LogP contribution in [0.15, 0.2) is 48.5 Å². The number of rotatable bonds is 4. The standard InChI is InChI=1S/C25H25F2N3O4/c26-17-6-9-19(20(27)14-17)24(33)29-12-10-25(11-13-29)30(23(32)16-4-2-1-3-5-16)21(15-34-25)22(31)28-18-7-8-18/h1-6,9,14,18,21H,7-8,10-13,15H2,(H,28,31)/t21-/m1/s1. The zero-order chi connectivity index (χ0) is 23.9. The van der Waals surface area contributed by atoms with Gasteiger partial charge in [0.05, 0.1) is 12.2 Å². The number of piperidine rings is 1. The van der Waals surface area contributed by atoms with E-state index in [-0.39, 0.29) is 56.0 Å². The van der Waals surface area contributed by atoms with Gasteiger partial charge in [-0.05, 0) is 37.1 Å². The van der Waals surface area contributed by atoms with Gasteiger partial charge in [0.25, 0.3) is 11.8 Å². The molecular weight excluding hydrogens is 444 g/mol. The molecule has 5 rings (SSSR count). The van der Waals surface area contributed by atoms with Crippen molar-refractivity contribution in [2.75, 3.05) is 19.7 Å². The van der Waals surface area contributed by atoms with Gasteiger partial charge in [-0.3, -0.25) is 19.3 Å². The van der Waals surface area contributed by atoms with Crippen LogP contribution < -0.4 is 5.32 Å². The Labute approximate surface area is 195 Å². The quantitative estimate of drug-likeness (QED) is 0.747. The number of ether oxygens (including phenoxy) is 1. The van der Waals surface area contributed by atoms with Gasteiger partial charge in [0.2, 0.25) is 5.91 Å². The molecule has 3 fully saturated rings. The predicted molar refractivity (Wildman–Crippen MR) is 118 cm³/mol. The fourth-order valence-corrected chi connectivity index (χ4v) is 4.70. The van der Waals surface area contributed by atoms with Crippen molar-refractivity contribution in [3.8, 4) is 0 Å². The van der Waals surface area contributed by atoms with Gasteiger partial charge in [-0.2, -0.15) is 0 Å². The molecule has 1 aliphatic carbocycles. The second-order valence-corrected chi connectivity index (χ2v) is 9.01. The van der Waals surface area contributed by atoms with E-state index < -0.39 is 29.3 Å². The Hall–Kier alpha value is -3.33. The molecule has 0 bridgehead atoms. The fourth-order valence-electron chi connectivity index (χ4n) is 4.70. The molecule has 1 N–H and O–H groups in total. The van der Waals surface area contributed by atoms with Crippen LogP contribution >= 0.6 is 0 Å². The summed E-state index contributed by atoms with van der Waals surface area (Å²) in [5, 5.41) is 2.96. The van der Waals surface area contributed by atoms with E-state index in [4.69, 9.17) is 4.74 Å². The molecule has 3 aliphatic rings. The van der Waals surface area contributed by atoms with E-state index in [1.54, 1.807) is 24.3 Å². The lowest BCUT2D eigenvalue weighted by Crippen LogP contribution is -2.60. The number of likely N-dealkylation sites (tertiary alicyclic amines) is 1. The molecule has 1 saturated carbocycles. The molecule has 1 atom stereocenters. The molecule has 0 aromatic heterocycles. The number of halogens is 2. The summed E-state index contributed by atoms with van der Waals surface area (Å²) in [5.74, 6) is -2.76. The van der Waals surface area contributed by atoms with Crippen LogP contribution in [-0.2, 0) is 9.53 Å². The van der Waals surface area contributed by atoms with Crippen LogP contribution in [0.5, 0.6) is 0 Å². The highest BCUT2D eigenvalue weighted by Gasteiger charge is 2.54. The molecule has 0 radical (unpaired) electrons. The van der Waals surface area contributed by atoms with E-state index in [9.17, 15) is 23.2 Å². The molecule has 2 aliphatic heterocycles. The highest BCUT2D eigenvalue weighted by Crippen LogP contribution is 2.39. The lowest BCUT2D eigenvalue weighted by atomic mass is 9.96. The first kappa shape index (κ1) is 22.5. The van der Waals surface area contributed by atoms with Crippen LogP contribution in [0.1, 0.15) is 46.4 Å². The summed E-state index contributed by atoms with van der Waals surface area (Å²) in [4.78, 5) is 42.4. The molecule has 34 heavy (non-hydrogen) atoms. The minimum atomic E-state index is -1.05. The summed E-state index contributed by atoms with van der Waals surface area (Å²) >= 11 is 0. The fraction of sp³-hybridized carbons (Fsp3) is 0.400. The molecule has 178 valence electrons. The monoisotopic (exact) mass is 469 g/mol. The highest BCUT2D eigenvalue weighted by molar-refractivity contribution is 5.98. The van der Waals surface area contributed by atoms with Gasteiger partial charge in [-0.1, -0.05) is 18.2 Å². The van der Waals surface area contributed by atoms with E-state index in [2.05, 4.69) is 5.32 Å². The molecule has 2 aromatic rings. The molecular formula is C25H25F2N3O4. The van der Waals surface area contributed by atoms with Gasteiger partial charge < -0.3 is 15.0 Å². The summed E-state index contributed by atoms with van der Waals surface area (Å²) in [5.41, 5.74) is -0.802. The summed E-state index contributed by atoms with van der Waals surface area (Å²) < 4.78 is 33.5. The van der Waals surface area contributed by atoms with E-state index in [1.165, 1.54) is 9.80 Å². The summed E-state index contributed by atoms with van der Waals surface area (Å²) in [6.07, 6.45) is 2.39. The summed E-state index contributed by atoms with van der Waals surface area (Å²) in [7, 11) is 0. The SMILES string of the molecule is O=C(NC1CC1)[C@H]1COC2(CCN(C(=O)c3ccc(F)cc3F)CC2)N1C(=O)c1ccccc1. The largest absolute Gasteiger partial charge is 0.353 e. The van der Waals surface area contributed by atoms with Crippen molar-refractivity contribution in [1.29, 1.82) is 0 Å². The third kappa shape index (κ3) is 4.16. The van der Waals surface area contributed by atoms with Crippen molar-refractivity contribution >= 4 is 17.7 Å². The van der Waals surface area contributed by atoms with Gasteiger partial charge in [0.15, 0.2) is 0 Å². The van der Waals surface area contributed by atoms with Crippen molar-refractivity contribution in [3.05, 3.63) is 71.3 Å². The predicted octanol–water partition coefficient (Wildman–Crippen LogP) is 2.72. The zero-order valence-corrected chi connectivity index (χ0v) is 18.5. The first-order valence-electron chi connectivity index (χ1n) is 11.5. The number of benzene rings is 2. The third-order valence-electron chi connectivity index (χ3n) is 6.72. The average molecular weight is 469 g/mol. The number of carbonyl (C=O) groups excluding carboxylic acids is 3. The van der Waals surface area contributed by atoms with Crippen molar-refractivity contribution in [1.82, 2.24) is 15.1 Å². The van der Waals surface area contributed by atoms with Crippen molar-refractivity contribution in [2.24, 2.45) is 0 Å². The van der Waals surface area contributed by atoms with E-state index in [0.29, 0.717) is 11.6 Å². The summed E-state index contributed by atoms with van der Waals surface area (Å²) in [6, 6.07) is 10.9. The lowest BCUT2D eigenvalue weighted by molar-refractivity contribution is -0.128. The lowest BCUT2D eigenvalue weighted by Gasteiger charge is -2.44. The molecule has 0 unspecified atom stereocenters. The molecule has 7 nitrogen and oxygen atoms in total. The van der Waals surface area contributed by atoms with Gasteiger partial charge in [0.1, 0.15) is 23.4 Å². The smallest absolute Gasteiger partial charge is 0.256 e. The molecule has 1 spiro atoms. The minimum Gasteiger partial charge on any atom is -0.353 e. The normalized spacial score (nSPS) is 21.5. The number of amides is 3. The van der Waals surface area contributed by atoms with Crippen molar-refractivity contribution in [3.63, 3.8) is 0 Å². The molecule has 2 saturated heterocycles. The average Bonchev–Trinajstić information content (AvgIpc) is 3.58. The van der Waals surface area contributed by atoms with Crippen molar-refractivity contribution in [2.45, 2.75) is 43.5 Å². The second kappa shape index (κ2) is 8.79. The highest BCUT2D eigenvalue weighted by atomic mass is 19.1. The number of hydrogen-bond acceptors (Lipinski definition) is 4. The minimum absolute atomic E-state index is 0.0671. The van der Waals surface area contributed by atoms with Gasteiger partial charge >= 0.3 is 0 Å². The van der Waals surface area contributed by atoms with Crippen LogP contribution in [-0.4, -0.2) is 65.0 Å². The number of nitrogens with zero attached hydrogens (tertiary/aromatic N) is 2. The number of carbonyl (C=O) groups is 3. The van der Waals surface area contributed by atoms with E-state index in [1.807, 2.05) is 6.07 Å². The van der Waals surface area contributed by atoms with Gasteiger partial charge in [-0.25, -0.2) is 8.78 Å². The maximum absolute atomic E-state index is 14.1. The van der Waals surface area contributed by atoms with Crippen LogP contribution in [0.2, 0.25) is 0 Å². The Balaban J connectivity index is 1.37. The Bertz CT molecular complexity index is 1110. The van der Waals surface area contributed by atoms with Crippen LogP contribution in [0, 0.1) is 11.6 Å². The molecule has 2 heterocycles. The Kier molecular flexibility index (Phi) is 5.81. The first-order valence-corrected chi connectivity index (χ1v) is 11.5. The Morgan fingerprint density at radius 3 is 2.32 bits per heavy atom. The third-order valence-corrected chi connectivity index (χ3v) is 6.72. The summed E-state index contributed by atoms with van der Waals surface area (Å²) in [6.45, 7) is 0.466. The molecule has 2 aromatic carbocycles. The number of nitrogens with one attached hydrogen (secondary N) is 1. The van der Waals surface area contributed by atoms with Crippen molar-refractivity contribution < 1.29 is 27.9 Å². The zero-order valence-electron chi connectivity index (χ0n) is 18.5. The van der Waals surface area contributed by atoms with Crippen LogP contribution in [0.25, 0.3) is 0 Å².